The number of likely N-dealkylation sites (tertiary alicyclic amines) is 1. The topological polar surface area (TPSA) is 66.8 Å². The van der Waals surface area contributed by atoms with Crippen molar-refractivity contribution in [3.05, 3.63) is 28.2 Å². The van der Waals surface area contributed by atoms with Crippen molar-refractivity contribution in [2.45, 2.75) is 6.92 Å². The van der Waals surface area contributed by atoms with Crippen molar-refractivity contribution in [1.82, 2.24) is 4.90 Å². The number of carboxylic acids is 1. The molecule has 5 nitrogen and oxygen atoms in total. The molecule has 1 saturated heterocycles. The molecule has 0 spiro atoms. The maximum absolute atomic E-state index is 12.2. The van der Waals surface area contributed by atoms with Crippen LogP contribution >= 0.6 is 15.9 Å². The molecule has 1 aliphatic heterocycles. The molecule has 1 aromatic rings. The summed E-state index contributed by atoms with van der Waals surface area (Å²) in [6.07, 6.45) is 0. The van der Waals surface area contributed by atoms with Gasteiger partial charge in [0.2, 0.25) is 0 Å². The van der Waals surface area contributed by atoms with Crippen LogP contribution in [0.3, 0.4) is 0 Å². The zero-order chi connectivity index (χ0) is 14.9. The predicted octanol–water partition coefficient (Wildman–Crippen LogP) is 2.25. The highest BCUT2D eigenvalue weighted by Crippen LogP contribution is 2.29. The second-order valence-corrected chi connectivity index (χ2v) is 5.80. The minimum Gasteiger partial charge on any atom is -0.496 e. The normalized spacial score (nSPS) is 16.4. The van der Waals surface area contributed by atoms with Crippen molar-refractivity contribution < 1.29 is 19.4 Å². The first-order valence-electron chi connectivity index (χ1n) is 6.29. The first-order valence-corrected chi connectivity index (χ1v) is 7.09. The summed E-state index contributed by atoms with van der Waals surface area (Å²) in [5.74, 6) is -0.598. The molecule has 108 valence electrons. The minimum atomic E-state index is -0.811. The van der Waals surface area contributed by atoms with Crippen LogP contribution in [0.1, 0.15) is 17.3 Å². The number of carboxylic acid groups (broad SMARTS) is 1. The van der Waals surface area contributed by atoms with Gasteiger partial charge in [0.25, 0.3) is 5.91 Å². The Morgan fingerprint density at radius 2 is 2.10 bits per heavy atom. The van der Waals surface area contributed by atoms with Crippen LogP contribution in [0.2, 0.25) is 0 Å². The highest BCUT2D eigenvalue weighted by molar-refractivity contribution is 9.10. The number of carbonyl (C=O) groups excluding carboxylic acids is 1. The summed E-state index contributed by atoms with van der Waals surface area (Å²) in [6.45, 7) is 2.67. The molecule has 1 heterocycles. The molecule has 1 unspecified atom stereocenters. The molecule has 1 fully saturated rings. The lowest BCUT2D eigenvalue weighted by molar-refractivity contribution is -0.144. The Bertz CT molecular complexity index is 540. The van der Waals surface area contributed by atoms with Crippen molar-refractivity contribution in [2.75, 3.05) is 20.2 Å². The van der Waals surface area contributed by atoms with Gasteiger partial charge in [-0.15, -0.1) is 0 Å². The third-order valence-corrected chi connectivity index (χ3v) is 4.31. The number of hydrogen-bond donors (Lipinski definition) is 1. The molecule has 1 N–H and O–H groups in total. The van der Waals surface area contributed by atoms with E-state index in [1.807, 2.05) is 0 Å². The molecule has 2 rings (SSSR count). The fourth-order valence-electron chi connectivity index (χ4n) is 2.18. The van der Waals surface area contributed by atoms with Crippen molar-refractivity contribution >= 4 is 27.8 Å². The van der Waals surface area contributed by atoms with Gasteiger partial charge in [0.05, 0.1) is 17.5 Å². The molecule has 0 radical (unpaired) electrons. The quantitative estimate of drug-likeness (QED) is 0.911. The van der Waals surface area contributed by atoms with Crippen molar-refractivity contribution in [1.29, 1.82) is 0 Å². The third-order valence-electron chi connectivity index (χ3n) is 3.69. The fourth-order valence-corrected chi connectivity index (χ4v) is 2.72. The minimum absolute atomic E-state index is 0.0399. The zero-order valence-corrected chi connectivity index (χ0v) is 12.9. The van der Waals surface area contributed by atoms with E-state index in [2.05, 4.69) is 15.9 Å². The van der Waals surface area contributed by atoms with Gasteiger partial charge in [0, 0.05) is 24.6 Å². The molecule has 0 aliphatic carbocycles. The van der Waals surface area contributed by atoms with Gasteiger partial charge in [-0.25, -0.2) is 0 Å². The molecule has 1 aliphatic rings. The Morgan fingerprint density at radius 1 is 1.45 bits per heavy atom. The Labute approximate surface area is 125 Å². The maximum atomic E-state index is 12.2. The average Bonchev–Trinajstić information content (AvgIpc) is 2.36. The van der Waals surface area contributed by atoms with Gasteiger partial charge in [-0.1, -0.05) is 6.92 Å². The van der Waals surface area contributed by atoms with Crippen LogP contribution in [0.15, 0.2) is 22.7 Å². The average molecular weight is 342 g/mol. The summed E-state index contributed by atoms with van der Waals surface area (Å²) in [7, 11) is 1.56. The van der Waals surface area contributed by atoms with E-state index in [1.165, 1.54) is 0 Å². The standard InChI is InChI=1S/C14H16BrNO4/c1-8(14(18)19)10-6-16(7-10)13(17)9-3-4-12(20-2)11(15)5-9/h3-5,8,10H,6-7H2,1-2H3,(H,18,19). The Balaban J connectivity index is 2.00. The number of benzene rings is 1. The van der Waals surface area contributed by atoms with Gasteiger partial charge in [0.15, 0.2) is 0 Å². The molecule has 0 aromatic heterocycles. The SMILES string of the molecule is COc1ccc(C(=O)N2CC(C(C)C(=O)O)C2)cc1Br. The summed E-state index contributed by atoms with van der Waals surface area (Å²) < 4.78 is 5.84. The summed E-state index contributed by atoms with van der Waals surface area (Å²) >= 11 is 3.35. The first kappa shape index (κ1) is 14.8. The number of ether oxygens (including phenoxy) is 1. The zero-order valence-electron chi connectivity index (χ0n) is 11.3. The van der Waals surface area contributed by atoms with E-state index >= 15 is 0 Å². The number of methoxy groups -OCH3 is 1. The Kier molecular flexibility index (Phi) is 4.32. The van der Waals surface area contributed by atoms with Crippen molar-refractivity contribution in [3.63, 3.8) is 0 Å². The molecule has 20 heavy (non-hydrogen) atoms. The third kappa shape index (κ3) is 2.80. The summed E-state index contributed by atoms with van der Waals surface area (Å²) in [5, 5.41) is 8.93. The van der Waals surface area contributed by atoms with E-state index in [-0.39, 0.29) is 11.8 Å². The number of rotatable bonds is 4. The number of hydrogen-bond acceptors (Lipinski definition) is 3. The second-order valence-electron chi connectivity index (χ2n) is 4.95. The van der Waals surface area contributed by atoms with Gasteiger partial charge in [-0.3, -0.25) is 9.59 Å². The van der Waals surface area contributed by atoms with E-state index in [9.17, 15) is 9.59 Å². The van der Waals surface area contributed by atoms with Gasteiger partial charge in [-0.2, -0.15) is 0 Å². The summed E-state index contributed by atoms with van der Waals surface area (Å²) in [5.41, 5.74) is 0.569. The smallest absolute Gasteiger partial charge is 0.306 e. The van der Waals surface area contributed by atoms with Gasteiger partial charge in [-0.05, 0) is 34.1 Å². The molecular weight excluding hydrogens is 326 g/mol. The van der Waals surface area contributed by atoms with Crippen LogP contribution in [0.4, 0.5) is 0 Å². The molecule has 0 saturated carbocycles. The Hall–Kier alpha value is -1.56. The lowest BCUT2D eigenvalue weighted by Crippen LogP contribution is -2.53. The number of amides is 1. The van der Waals surface area contributed by atoms with Crippen molar-refractivity contribution in [3.8, 4) is 5.75 Å². The van der Waals surface area contributed by atoms with Crippen LogP contribution in [-0.2, 0) is 4.79 Å². The first-order chi connectivity index (χ1) is 9.43. The van der Waals surface area contributed by atoms with Crippen LogP contribution in [0.5, 0.6) is 5.75 Å². The maximum Gasteiger partial charge on any atom is 0.306 e. The molecule has 0 bridgehead atoms. The molecule has 1 amide bonds. The van der Waals surface area contributed by atoms with Crippen LogP contribution in [0.25, 0.3) is 0 Å². The molecular formula is C14H16BrNO4. The number of halogens is 1. The fraction of sp³-hybridized carbons (Fsp3) is 0.429. The number of carbonyl (C=O) groups is 2. The van der Waals surface area contributed by atoms with Crippen LogP contribution < -0.4 is 4.74 Å². The second kappa shape index (κ2) is 5.83. The van der Waals surface area contributed by atoms with E-state index < -0.39 is 11.9 Å². The lowest BCUT2D eigenvalue weighted by atomic mass is 9.86. The highest BCUT2D eigenvalue weighted by Gasteiger charge is 2.37. The molecule has 6 heteroatoms. The van der Waals surface area contributed by atoms with E-state index in [0.717, 1.165) is 4.47 Å². The summed E-state index contributed by atoms with van der Waals surface area (Å²) in [4.78, 5) is 24.8. The van der Waals surface area contributed by atoms with Crippen LogP contribution in [0, 0.1) is 11.8 Å². The van der Waals surface area contributed by atoms with Crippen LogP contribution in [-0.4, -0.2) is 42.1 Å². The predicted molar refractivity (Wildman–Crippen MR) is 76.9 cm³/mol. The largest absolute Gasteiger partial charge is 0.496 e. The Morgan fingerprint density at radius 3 is 2.60 bits per heavy atom. The van der Waals surface area contributed by atoms with Gasteiger partial charge in [0.1, 0.15) is 5.75 Å². The molecule has 1 atom stereocenters. The number of aliphatic carboxylic acids is 1. The molecule has 1 aromatic carbocycles. The van der Waals surface area contributed by atoms with E-state index in [1.54, 1.807) is 37.1 Å². The van der Waals surface area contributed by atoms with E-state index in [4.69, 9.17) is 9.84 Å². The highest BCUT2D eigenvalue weighted by atomic mass is 79.9. The number of nitrogens with zero attached hydrogens (tertiary/aromatic N) is 1. The van der Waals surface area contributed by atoms with Gasteiger partial charge >= 0.3 is 5.97 Å². The monoisotopic (exact) mass is 341 g/mol. The van der Waals surface area contributed by atoms with Crippen molar-refractivity contribution in [2.24, 2.45) is 11.8 Å². The summed E-state index contributed by atoms with van der Waals surface area (Å²) in [6, 6.07) is 5.16. The van der Waals surface area contributed by atoms with E-state index in [0.29, 0.717) is 24.4 Å². The van der Waals surface area contributed by atoms with Gasteiger partial charge < -0.3 is 14.7 Å². The lowest BCUT2D eigenvalue weighted by Gasteiger charge is -2.41.